The number of carbonyl (C=O) groups is 1. The summed E-state index contributed by atoms with van der Waals surface area (Å²) in [5.74, 6) is 0.0359. The van der Waals surface area contributed by atoms with E-state index in [4.69, 9.17) is 9.72 Å². The first-order valence-electron chi connectivity index (χ1n) is 10.5. The highest BCUT2D eigenvalue weighted by molar-refractivity contribution is 8.00. The van der Waals surface area contributed by atoms with Crippen LogP contribution < -0.4 is 5.56 Å². The normalized spacial score (nSPS) is 17.3. The molecule has 1 aliphatic heterocycles. The first kappa shape index (κ1) is 20.8. The van der Waals surface area contributed by atoms with Crippen molar-refractivity contribution in [2.24, 2.45) is 0 Å². The van der Waals surface area contributed by atoms with E-state index in [9.17, 15) is 9.59 Å². The molecule has 2 heterocycles. The fourth-order valence-electron chi connectivity index (χ4n) is 3.74. The average molecular weight is 423 g/mol. The van der Waals surface area contributed by atoms with Crippen LogP contribution in [0.2, 0.25) is 0 Å². The standard InChI is InChI=1S/C24H26N2O3S/c1-3-17-10-12-18(13-11-17)22(27)16(2)30-24-25-21-9-5-4-8-20(21)23(28)26(24)15-19-7-6-14-29-19/h4-5,8-13,16,19H,3,6-7,14-15H2,1-2H3/t16-,19+/m1/s1. The molecule has 0 spiro atoms. The topological polar surface area (TPSA) is 61.2 Å². The smallest absolute Gasteiger partial charge is 0.262 e. The predicted molar refractivity (Wildman–Crippen MR) is 120 cm³/mol. The molecular weight excluding hydrogens is 396 g/mol. The zero-order valence-electron chi connectivity index (χ0n) is 17.3. The fraction of sp³-hybridized carbons (Fsp3) is 0.375. The Morgan fingerprint density at radius 2 is 2.00 bits per heavy atom. The van der Waals surface area contributed by atoms with Gasteiger partial charge in [0.1, 0.15) is 0 Å². The van der Waals surface area contributed by atoms with Gasteiger partial charge in [-0.15, -0.1) is 0 Å². The zero-order valence-corrected chi connectivity index (χ0v) is 18.2. The third kappa shape index (κ3) is 4.35. The molecule has 30 heavy (non-hydrogen) atoms. The van der Waals surface area contributed by atoms with E-state index >= 15 is 0 Å². The Hall–Kier alpha value is -2.44. The molecule has 1 aliphatic rings. The number of hydrogen-bond donors (Lipinski definition) is 0. The van der Waals surface area contributed by atoms with Gasteiger partial charge < -0.3 is 4.74 Å². The van der Waals surface area contributed by atoms with Crippen LogP contribution >= 0.6 is 11.8 Å². The van der Waals surface area contributed by atoms with Crippen molar-refractivity contribution < 1.29 is 9.53 Å². The highest BCUT2D eigenvalue weighted by atomic mass is 32.2. The molecule has 0 saturated carbocycles. The van der Waals surface area contributed by atoms with Crippen molar-refractivity contribution in [2.45, 2.75) is 56.2 Å². The summed E-state index contributed by atoms with van der Waals surface area (Å²) >= 11 is 1.34. The number of fused-ring (bicyclic) bond motifs is 1. The lowest BCUT2D eigenvalue weighted by atomic mass is 10.1. The van der Waals surface area contributed by atoms with E-state index in [1.54, 1.807) is 10.6 Å². The van der Waals surface area contributed by atoms with Crippen molar-refractivity contribution in [3.8, 4) is 0 Å². The van der Waals surface area contributed by atoms with E-state index in [0.717, 1.165) is 25.9 Å². The molecule has 0 bridgehead atoms. The third-order valence-corrected chi connectivity index (χ3v) is 6.63. The molecule has 0 N–H and O–H groups in total. The number of ketones is 1. The molecule has 2 aromatic carbocycles. The van der Waals surface area contributed by atoms with E-state index < -0.39 is 0 Å². The number of aromatic nitrogens is 2. The lowest BCUT2D eigenvalue weighted by Crippen LogP contribution is -2.29. The van der Waals surface area contributed by atoms with Gasteiger partial charge >= 0.3 is 0 Å². The molecule has 1 saturated heterocycles. The fourth-order valence-corrected chi connectivity index (χ4v) is 4.74. The lowest BCUT2D eigenvalue weighted by molar-refractivity contribution is 0.0937. The van der Waals surface area contributed by atoms with Crippen LogP contribution in [0, 0.1) is 0 Å². The Morgan fingerprint density at radius 3 is 2.70 bits per heavy atom. The van der Waals surface area contributed by atoms with E-state index in [0.29, 0.717) is 28.2 Å². The van der Waals surface area contributed by atoms with Crippen molar-refractivity contribution >= 4 is 28.4 Å². The van der Waals surface area contributed by atoms with Crippen molar-refractivity contribution in [1.82, 2.24) is 9.55 Å². The number of carbonyl (C=O) groups excluding carboxylic acids is 1. The Labute approximate surface area is 180 Å². The molecule has 1 fully saturated rings. The molecule has 156 valence electrons. The second-order valence-electron chi connectivity index (χ2n) is 7.64. The van der Waals surface area contributed by atoms with Crippen molar-refractivity contribution in [2.75, 3.05) is 6.61 Å². The molecule has 0 aliphatic carbocycles. The molecule has 4 rings (SSSR count). The minimum absolute atomic E-state index is 0.0117. The maximum absolute atomic E-state index is 13.2. The van der Waals surface area contributed by atoms with Gasteiger partial charge in [0, 0.05) is 12.2 Å². The molecule has 0 radical (unpaired) electrons. The van der Waals surface area contributed by atoms with Gasteiger partial charge in [-0.3, -0.25) is 14.2 Å². The summed E-state index contributed by atoms with van der Waals surface area (Å²) in [6.07, 6.45) is 2.89. The van der Waals surface area contributed by atoms with Crippen molar-refractivity contribution in [3.63, 3.8) is 0 Å². The number of aryl methyl sites for hydroxylation is 1. The zero-order chi connectivity index (χ0) is 21.1. The van der Waals surface area contributed by atoms with Crippen LogP contribution in [-0.4, -0.2) is 33.3 Å². The second-order valence-corrected chi connectivity index (χ2v) is 8.95. The largest absolute Gasteiger partial charge is 0.376 e. The first-order valence-corrected chi connectivity index (χ1v) is 11.4. The second kappa shape index (κ2) is 9.14. The third-order valence-electron chi connectivity index (χ3n) is 5.53. The summed E-state index contributed by atoms with van der Waals surface area (Å²) < 4.78 is 7.45. The minimum atomic E-state index is -0.360. The molecular formula is C24H26N2O3S. The number of nitrogens with zero attached hydrogens (tertiary/aromatic N) is 2. The van der Waals surface area contributed by atoms with Gasteiger partial charge in [0.15, 0.2) is 10.9 Å². The van der Waals surface area contributed by atoms with Gasteiger partial charge in [-0.25, -0.2) is 4.98 Å². The van der Waals surface area contributed by atoms with Gasteiger partial charge in [-0.1, -0.05) is 55.1 Å². The van der Waals surface area contributed by atoms with Gasteiger partial charge in [0.05, 0.1) is 28.8 Å². The maximum Gasteiger partial charge on any atom is 0.262 e. The molecule has 6 heteroatoms. The van der Waals surface area contributed by atoms with Gasteiger partial charge in [-0.05, 0) is 43.9 Å². The number of thioether (sulfide) groups is 1. The number of ether oxygens (including phenoxy) is 1. The molecule has 5 nitrogen and oxygen atoms in total. The van der Waals surface area contributed by atoms with Crippen molar-refractivity contribution in [1.29, 1.82) is 0 Å². The summed E-state index contributed by atoms with van der Waals surface area (Å²) in [7, 11) is 0. The molecule has 0 unspecified atom stereocenters. The van der Waals surface area contributed by atoms with Gasteiger partial charge in [0.25, 0.3) is 5.56 Å². The van der Waals surface area contributed by atoms with Crippen LogP contribution in [0.15, 0.2) is 58.5 Å². The molecule has 0 amide bonds. The summed E-state index contributed by atoms with van der Waals surface area (Å²) in [4.78, 5) is 30.9. The summed E-state index contributed by atoms with van der Waals surface area (Å²) in [6, 6.07) is 15.1. The van der Waals surface area contributed by atoms with Crippen LogP contribution in [0.4, 0.5) is 0 Å². The molecule has 1 aromatic heterocycles. The van der Waals surface area contributed by atoms with Crippen LogP contribution in [0.5, 0.6) is 0 Å². The van der Waals surface area contributed by atoms with E-state index in [2.05, 4.69) is 6.92 Å². The SMILES string of the molecule is CCc1ccc(C(=O)[C@@H](C)Sc2nc3ccccc3c(=O)n2C[C@@H]2CCCO2)cc1. The number of benzene rings is 2. The summed E-state index contributed by atoms with van der Waals surface area (Å²) in [5, 5.41) is 0.801. The van der Waals surface area contributed by atoms with Crippen LogP contribution in [0.1, 0.15) is 42.6 Å². The first-order chi connectivity index (χ1) is 14.6. The van der Waals surface area contributed by atoms with Gasteiger partial charge in [0.2, 0.25) is 0 Å². The van der Waals surface area contributed by atoms with E-state index in [1.165, 1.54) is 17.3 Å². The summed E-state index contributed by atoms with van der Waals surface area (Å²) in [6.45, 7) is 5.16. The van der Waals surface area contributed by atoms with Gasteiger partial charge in [-0.2, -0.15) is 0 Å². The number of para-hydroxylation sites is 1. The molecule has 3 aromatic rings. The lowest BCUT2D eigenvalue weighted by Gasteiger charge is -2.18. The predicted octanol–water partition coefficient (Wildman–Crippen LogP) is 4.50. The maximum atomic E-state index is 13.2. The molecule has 2 atom stereocenters. The Kier molecular flexibility index (Phi) is 6.35. The number of rotatable bonds is 7. The Bertz CT molecular complexity index is 1100. The van der Waals surface area contributed by atoms with Crippen LogP contribution in [0.3, 0.4) is 0 Å². The number of hydrogen-bond acceptors (Lipinski definition) is 5. The Morgan fingerprint density at radius 1 is 1.23 bits per heavy atom. The quantitative estimate of drug-likeness (QED) is 0.319. The number of Topliss-reactive ketones (excluding diaryl/α,β-unsaturated/α-hetero) is 1. The highest BCUT2D eigenvalue weighted by Gasteiger charge is 2.23. The van der Waals surface area contributed by atoms with Crippen LogP contribution in [-0.2, 0) is 17.7 Å². The van der Waals surface area contributed by atoms with Crippen LogP contribution in [0.25, 0.3) is 10.9 Å². The minimum Gasteiger partial charge on any atom is -0.376 e. The van der Waals surface area contributed by atoms with Crippen molar-refractivity contribution in [3.05, 3.63) is 70.0 Å². The monoisotopic (exact) mass is 422 g/mol. The highest BCUT2D eigenvalue weighted by Crippen LogP contribution is 2.26. The summed E-state index contributed by atoms with van der Waals surface area (Å²) in [5.41, 5.74) is 2.46. The van der Waals surface area contributed by atoms with E-state index in [-0.39, 0.29) is 22.7 Å². The average Bonchev–Trinajstić information content (AvgIpc) is 3.29. The van der Waals surface area contributed by atoms with E-state index in [1.807, 2.05) is 49.4 Å². The Balaban J connectivity index is 1.65.